The summed E-state index contributed by atoms with van der Waals surface area (Å²) in [5, 5.41) is 6.46. The maximum absolute atomic E-state index is 13.5. The topological polar surface area (TPSA) is 70.6 Å². The Bertz CT molecular complexity index is 760. The molecule has 2 rings (SSSR count). The van der Waals surface area contributed by atoms with Gasteiger partial charge in [-0.15, -0.1) is 0 Å². The van der Waals surface area contributed by atoms with Crippen molar-refractivity contribution in [2.24, 2.45) is 11.0 Å². The monoisotopic (exact) mass is 341 g/mol. The molecule has 2 amide bonds. The van der Waals surface area contributed by atoms with Crippen LogP contribution >= 0.6 is 0 Å². The SMILES string of the molecule is CC(C)[C@H](NC(=O)c1ccccc1)C(=O)N/N=C/c1ccccc1F. The highest BCUT2D eigenvalue weighted by molar-refractivity contribution is 5.97. The van der Waals surface area contributed by atoms with E-state index in [1.54, 1.807) is 48.5 Å². The van der Waals surface area contributed by atoms with E-state index in [0.717, 1.165) is 0 Å². The van der Waals surface area contributed by atoms with Crippen LogP contribution in [0.15, 0.2) is 59.7 Å². The van der Waals surface area contributed by atoms with Crippen LogP contribution in [0.4, 0.5) is 4.39 Å². The van der Waals surface area contributed by atoms with Gasteiger partial charge in [0.25, 0.3) is 11.8 Å². The zero-order valence-electron chi connectivity index (χ0n) is 14.1. The molecule has 5 nitrogen and oxygen atoms in total. The molecule has 6 heteroatoms. The summed E-state index contributed by atoms with van der Waals surface area (Å²) in [5.74, 6) is -1.38. The Morgan fingerprint density at radius 1 is 1.04 bits per heavy atom. The van der Waals surface area contributed by atoms with Gasteiger partial charge >= 0.3 is 0 Å². The molecule has 2 N–H and O–H groups in total. The average molecular weight is 341 g/mol. The molecular formula is C19H20FN3O2. The van der Waals surface area contributed by atoms with Gasteiger partial charge in [-0.3, -0.25) is 9.59 Å². The third-order valence-electron chi connectivity index (χ3n) is 3.56. The second kappa shape index (κ2) is 8.73. The third kappa shape index (κ3) is 5.24. The van der Waals surface area contributed by atoms with E-state index in [0.29, 0.717) is 5.56 Å². The van der Waals surface area contributed by atoms with Gasteiger partial charge in [-0.1, -0.05) is 50.2 Å². The predicted molar refractivity (Wildman–Crippen MR) is 94.7 cm³/mol. The number of halogens is 1. The molecule has 0 heterocycles. The van der Waals surface area contributed by atoms with E-state index in [2.05, 4.69) is 15.8 Å². The lowest BCUT2D eigenvalue weighted by molar-refractivity contribution is -0.123. The van der Waals surface area contributed by atoms with Crippen molar-refractivity contribution in [2.75, 3.05) is 0 Å². The first-order valence-electron chi connectivity index (χ1n) is 7.92. The maximum atomic E-state index is 13.5. The van der Waals surface area contributed by atoms with Crippen molar-refractivity contribution in [2.45, 2.75) is 19.9 Å². The van der Waals surface area contributed by atoms with E-state index in [9.17, 15) is 14.0 Å². The van der Waals surface area contributed by atoms with Gasteiger partial charge in [0, 0.05) is 11.1 Å². The molecule has 0 bridgehead atoms. The van der Waals surface area contributed by atoms with Gasteiger partial charge in [-0.25, -0.2) is 9.82 Å². The minimum atomic E-state index is -0.759. The molecule has 0 aromatic heterocycles. The molecule has 0 unspecified atom stereocenters. The van der Waals surface area contributed by atoms with Crippen molar-refractivity contribution in [3.8, 4) is 0 Å². The van der Waals surface area contributed by atoms with Gasteiger partial charge in [-0.2, -0.15) is 5.10 Å². The fourth-order valence-electron chi connectivity index (χ4n) is 2.16. The van der Waals surface area contributed by atoms with Crippen molar-refractivity contribution in [3.63, 3.8) is 0 Å². The number of hydrogen-bond acceptors (Lipinski definition) is 3. The van der Waals surface area contributed by atoms with Crippen molar-refractivity contribution in [1.29, 1.82) is 0 Å². The summed E-state index contributed by atoms with van der Waals surface area (Å²) in [5.41, 5.74) is 3.08. The van der Waals surface area contributed by atoms with E-state index in [-0.39, 0.29) is 17.4 Å². The number of carbonyl (C=O) groups is 2. The fourth-order valence-corrected chi connectivity index (χ4v) is 2.16. The number of benzene rings is 2. The summed E-state index contributed by atoms with van der Waals surface area (Å²) in [4.78, 5) is 24.5. The van der Waals surface area contributed by atoms with Gasteiger partial charge in [0.2, 0.25) is 0 Å². The van der Waals surface area contributed by atoms with E-state index in [1.807, 2.05) is 13.8 Å². The molecule has 0 saturated carbocycles. The van der Waals surface area contributed by atoms with Gasteiger partial charge in [0.1, 0.15) is 11.9 Å². The van der Waals surface area contributed by atoms with Crippen molar-refractivity contribution < 1.29 is 14.0 Å². The molecule has 0 fully saturated rings. The number of nitrogens with one attached hydrogen (secondary N) is 2. The van der Waals surface area contributed by atoms with E-state index >= 15 is 0 Å². The molecule has 1 atom stereocenters. The molecule has 2 aromatic rings. The second-order valence-corrected chi connectivity index (χ2v) is 5.82. The van der Waals surface area contributed by atoms with Crippen molar-refractivity contribution >= 4 is 18.0 Å². The van der Waals surface area contributed by atoms with Crippen LogP contribution < -0.4 is 10.7 Å². The highest BCUT2D eigenvalue weighted by Gasteiger charge is 2.24. The number of hydrazone groups is 1. The molecule has 0 aliphatic rings. The first-order chi connectivity index (χ1) is 12.0. The molecule has 0 aliphatic heterocycles. The summed E-state index contributed by atoms with van der Waals surface area (Å²) in [6, 6.07) is 14.0. The first kappa shape index (κ1) is 18.3. The highest BCUT2D eigenvalue weighted by atomic mass is 19.1. The van der Waals surface area contributed by atoms with Crippen LogP contribution in [0.1, 0.15) is 29.8 Å². The van der Waals surface area contributed by atoms with Crippen LogP contribution in [-0.2, 0) is 4.79 Å². The third-order valence-corrected chi connectivity index (χ3v) is 3.56. The normalized spacial score (nSPS) is 12.2. The fraction of sp³-hybridized carbons (Fsp3) is 0.211. The number of carbonyl (C=O) groups excluding carboxylic acids is 2. The Balaban J connectivity index is 2.01. The van der Waals surface area contributed by atoms with Crippen LogP contribution in [0.3, 0.4) is 0 Å². The molecule has 0 radical (unpaired) electrons. The molecule has 130 valence electrons. The largest absolute Gasteiger partial charge is 0.340 e. The molecule has 2 aromatic carbocycles. The summed E-state index contributed by atoms with van der Waals surface area (Å²) in [6.45, 7) is 3.63. The second-order valence-electron chi connectivity index (χ2n) is 5.82. The molecule has 25 heavy (non-hydrogen) atoms. The predicted octanol–water partition coefficient (Wildman–Crippen LogP) is 2.73. The minimum Gasteiger partial charge on any atom is -0.340 e. The summed E-state index contributed by atoms with van der Waals surface area (Å²) in [7, 11) is 0. The zero-order valence-corrected chi connectivity index (χ0v) is 14.1. The Hall–Kier alpha value is -3.02. The highest BCUT2D eigenvalue weighted by Crippen LogP contribution is 2.06. The zero-order chi connectivity index (χ0) is 18.2. The molecule has 0 spiro atoms. The van der Waals surface area contributed by atoms with Crippen LogP contribution in [-0.4, -0.2) is 24.1 Å². The Labute approximate surface area is 145 Å². The van der Waals surface area contributed by atoms with Crippen LogP contribution in [0.2, 0.25) is 0 Å². The smallest absolute Gasteiger partial charge is 0.262 e. The maximum Gasteiger partial charge on any atom is 0.262 e. The number of nitrogens with zero attached hydrogens (tertiary/aromatic N) is 1. The molecular weight excluding hydrogens is 321 g/mol. The van der Waals surface area contributed by atoms with Gasteiger partial charge in [0.05, 0.1) is 6.21 Å². The summed E-state index contributed by atoms with van der Waals surface area (Å²) >= 11 is 0. The lowest BCUT2D eigenvalue weighted by atomic mass is 10.0. The average Bonchev–Trinajstić information content (AvgIpc) is 2.61. The number of amides is 2. The molecule has 0 saturated heterocycles. The Kier molecular flexibility index (Phi) is 6.39. The van der Waals surface area contributed by atoms with E-state index in [4.69, 9.17) is 0 Å². The van der Waals surface area contributed by atoms with Crippen molar-refractivity contribution in [3.05, 3.63) is 71.5 Å². The lowest BCUT2D eigenvalue weighted by Gasteiger charge is -2.20. The van der Waals surface area contributed by atoms with Crippen LogP contribution in [0.5, 0.6) is 0 Å². The molecule has 0 aliphatic carbocycles. The first-order valence-corrected chi connectivity index (χ1v) is 7.92. The van der Waals surface area contributed by atoms with Crippen LogP contribution in [0.25, 0.3) is 0 Å². The van der Waals surface area contributed by atoms with Crippen LogP contribution in [0, 0.1) is 11.7 Å². The number of rotatable bonds is 6. The van der Waals surface area contributed by atoms with Crippen molar-refractivity contribution in [1.82, 2.24) is 10.7 Å². The standard InChI is InChI=1S/C19H20FN3O2/c1-13(2)17(22-18(24)14-8-4-3-5-9-14)19(25)23-21-12-15-10-6-7-11-16(15)20/h3-13,17H,1-2H3,(H,22,24)(H,23,25)/b21-12+/t17-/m0/s1. The Morgan fingerprint density at radius 3 is 2.32 bits per heavy atom. The quantitative estimate of drug-likeness (QED) is 0.626. The van der Waals surface area contributed by atoms with E-state index < -0.39 is 17.8 Å². The van der Waals surface area contributed by atoms with Gasteiger partial charge < -0.3 is 5.32 Å². The Morgan fingerprint density at radius 2 is 1.68 bits per heavy atom. The summed E-state index contributed by atoms with van der Waals surface area (Å²) < 4.78 is 13.5. The summed E-state index contributed by atoms with van der Waals surface area (Å²) in [6.07, 6.45) is 1.23. The van der Waals surface area contributed by atoms with Gasteiger partial charge in [0.15, 0.2) is 0 Å². The minimum absolute atomic E-state index is 0.142. The lowest BCUT2D eigenvalue weighted by Crippen LogP contribution is -2.48. The number of hydrogen-bond donors (Lipinski definition) is 2. The van der Waals surface area contributed by atoms with Gasteiger partial charge in [-0.05, 0) is 24.1 Å². The van der Waals surface area contributed by atoms with E-state index in [1.165, 1.54) is 12.3 Å².